The second-order valence-electron chi connectivity index (χ2n) is 5.31. The van der Waals surface area contributed by atoms with E-state index >= 15 is 0 Å². The number of rotatable bonds is 6. The van der Waals surface area contributed by atoms with E-state index < -0.39 is 0 Å². The molecule has 4 N–H and O–H groups in total. The van der Waals surface area contributed by atoms with E-state index in [-0.39, 0.29) is 5.41 Å². The van der Waals surface area contributed by atoms with E-state index in [1.807, 2.05) is 19.1 Å². The highest BCUT2D eigenvalue weighted by Gasteiger charge is 2.43. The van der Waals surface area contributed by atoms with Gasteiger partial charge in [0.15, 0.2) is 0 Å². The molecule has 19 heavy (non-hydrogen) atoms. The molecule has 0 aromatic heterocycles. The quantitative estimate of drug-likeness (QED) is 0.318. The van der Waals surface area contributed by atoms with Crippen LogP contribution in [0.15, 0.2) is 23.4 Å². The van der Waals surface area contributed by atoms with Crippen molar-refractivity contribution in [2.45, 2.75) is 26.2 Å². The Bertz CT molecular complexity index is 482. The lowest BCUT2D eigenvalue weighted by molar-refractivity contribution is 0.315. The molecule has 0 aliphatic heterocycles. The zero-order valence-electron chi connectivity index (χ0n) is 11.4. The van der Waals surface area contributed by atoms with Crippen LogP contribution in [0, 0.1) is 12.3 Å². The molecule has 2 rings (SSSR count). The van der Waals surface area contributed by atoms with E-state index in [1.54, 1.807) is 7.11 Å². The van der Waals surface area contributed by atoms with E-state index in [2.05, 4.69) is 16.5 Å². The molecule has 0 saturated heterocycles. The van der Waals surface area contributed by atoms with E-state index in [0.717, 1.165) is 36.4 Å². The van der Waals surface area contributed by atoms with Crippen molar-refractivity contribution in [1.82, 2.24) is 0 Å². The first kappa shape index (κ1) is 13.5. The Morgan fingerprint density at radius 2 is 2.26 bits per heavy atom. The monoisotopic (exact) mass is 263 g/mol. The Balaban J connectivity index is 1.94. The summed E-state index contributed by atoms with van der Waals surface area (Å²) in [6, 6.07) is 6.03. The van der Waals surface area contributed by atoms with E-state index in [9.17, 15) is 0 Å². The van der Waals surface area contributed by atoms with Crippen LogP contribution in [0.2, 0.25) is 0 Å². The van der Waals surface area contributed by atoms with Gasteiger partial charge in [0, 0.05) is 18.7 Å². The maximum Gasteiger partial charge on any atom is 0.139 e. The Morgan fingerprint density at radius 3 is 2.79 bits per heavy atom. The fraction of sp³-hybridized carbons (Fsp3) is 0.500. The standard InChI is InChI=1S/C14H21N3O2/c1-10-7-11(3-4-12(10)19-2)16-9-14(5-6-14)8-13(15)17-18/h3-4,7,16,18H,5-6,8-9H2,1-2H3,(H2,15,17). The molecule has 1 fully saturated rings. The topological polar surface area (TPSA) is 79.9 Å². The van der Waals surface area contributed by atoms with Gasteiger partial charge in [-0.15, -0.1) is 0 Å². The Kier molecular flexibility index (Phi) is 3.83. The number of nitrogens with two attached hydrogens (primary N) is 1. The third-order valence-electron chi connectivity index (χ3n) is 3.70. The lowest BCUT2D eigenvalue weighted by Gasteiger charge is -2.16. The predicted molar refractivity (Wildman–Crippen MR) is 75.9 cm³/mol. The minimum Gasteiger partial charge on any atom is -0.496 e. The first-order chi connectivity index (χ1) is 9.08. The van der Waals surface area contributed by atoms with Crippen molar-refractivity contribution in [3.05, 3.63) is 23.8 Å². The number of aryl methyl sites for hydroxylation is 1. The average Bonchev–Trinajstić information content (AvgIpc) is 3.16. The fourth-order valence-corrected chi connectivity index (χ4v) is 2.29. The second kappa shape index (κ2) is 5.38. The van der Waals surface area contributed by atoms with Gasteiger partial charge in [-0.3, -0.25) is 0 Å². The lowest BCUT2D eigenvalue weighted by Crippen LogP contribution is -2.23. The van der Waals surface area contributed by atoms with Crippen molar-refractivity contribution in [1.29, 1.82) is 0 Å². The van der Waals surface area contributed by atoms with E-state index in [4.69, 9.17) is 15.7 Å². The van der Waals surface area contributed by atoms with Crippen molar-refractivity contribution in [2.75, 3.05) is 19.0 Å². The SMILES string of the molecule is COc1ccc(NCC2(CC(N)=NO)CC2)cc1C. The van der Waals surface area contributed by atoms with Gasteiger partial charge < -0.3 is 21.0 Å². The molecule has 0 radical (unpaired) electrons. The number of benzene rings is 1. The van der Waals surface area contributed by atoms with Crippen LogP contribution in [0.25, 0.3) is 0 Å². The molecule has 0 bridgehead atoms. The van der Waals surface area contributed by atoms with Gasteiger partial charge in [-0.25, -0.2) is 0 Å². The normalized spacial score (nSPS) is 17.1. The summed E-state index contributed by atoms with van der Waals surface area (Å²) in [5.74, 6) is 1.20. The zero-order valence-corrected chi connectivity index (χ0v) is 11.4. The summed E-state index contributed by atoms with van der Waals surface area (Å²) in [5, 5.41) is 15.1. The third kappa shape index (κ3) is 3.30. The van der Waals surface area contributed by atoms with Crippen LogP contribution >= 0.6 is 0 Å². The number of oxime groups is 1. The molecule has 1 saturated carbocycles. The molecule has 0 amide bonds. The summed E-state index contributed by atoms with van der Waals surface area (Å²) in [4.78, 5) is 0. The van der Waals surface area contributed by atoms with Crippen LogP contribution in [0.5, 0.6) is 5.75 Å². The van der Waals surface area contributed by atoms with Gasteiger partial charge in [0.25, 0.3) is 0 Å². The molecule has 104 valence electrons. The number of hydrogen-bond acceptors (Lipinski definition) is 4. The van der Waals surface area contributed by atoms with Crippen molar-refractivity contribution >= 4 is 11.5 Å². The zero-order chi connectivity index (χ0) is 13.9. The van der Waals surface area contributed by atoms with Crippen molar-refractivity contribution in [2.24, 2.45) is 16.3 Å². The van der Waals surface area contributed by atoms with Crippen molar-refractivity contribution in [3.8, 4) is 5.75 Å². The minimum absolute atomic E-state index is 0.157. The van der Waals surface area contributed by atoms with Gasteiger partial charge in [-0.2, -0.15) is 0 Å². The fourth-order valence-electron chi connectivity index (χ4n) is 2.29. The van der Waals surface area contributed by atoms with E-state index in [1.165, 1.54) is 0 Å². The molecule has 1 aromatic carbocycles. The molecule has 0 spiro atoms. The molecule has 5 nitrogen and oxygen atoms in total. The summed E-state index contributed by atoms with van der Waals surface area (Å²) in [6.45, 7) is 2.86. The van der Waals surface area contributed by atoms with Crippen LogP contribution in [0.1, 0.15) is 24.8 Å². The summed E-state index contributed by atoms with van der Waals surface area (Å²) in [7, 11) is 1.67. The number of nitrogens with one attached hydrogen (secondary N) is 1. The highest BCUT2D eigenvalue weighted by molar-refractivity contribution is 5.80. The first-order valence-corrected chi connectivity index (χ1v) is 6.43. The highest BCUT2D eigenvalue weighted by atomic mass is 16.5. The number of ether oxygens (including phenoxy) is 1. The van der Waals surface area contributed by atoms with Gasteiger partial charge in [0.05, 0.1) is 7.11 Å². The smallest absolute Gasteiger partial charge is 0.139 e. The molecule has 5 heteroatoms. The minimum atomic E-state index is 0.157. The molecule has 0 atom stereocenters. The maximum atomic E-state index is 8.63. The molecular formula is C14H21N3O2. The van der Waals surface area contributed by atoms with E-state index in [0.29, 0.717) is 12.3 Å². The van der Waals surface area contributed by atoms with Crippen LogP contribution in [-0.2, 0) is 0 Å². The number of hydrogen-bond donors (Lipinski definition) is 3. The Morgan fingerprint density at radius 1 is 1.53 bits per heavy atom. The van der Waals surface area contributed by atoms with Crippen LogP contribution in [-0.4, -0.2) is 24.7 Å². The molecule has 1 aliphatic rings. The molecule has 1 aromatic rings. The largest absolute Gasteiger partial charge is 0.496 e. The highest BCUT2D eigenvalue weighted by Crippen LogP contribution is 2.48. The molecule has 0 heterocycles. The molecule has 0 unspecified atom stereocenters. The Hall–Kier alpha value is -1.91. The predicted octanol–water partition coefficient (Wildman–Crippen LogP) is 2.33. The van der Waals surface area contributed by atoms with Crippen LogP contribution in [0.3, 0.4) is 0 Å². The summed E-state index contributed by atoms with van der Waals surface area (Å²) in [5.41, 5.74) is 7.92. The van der Waals surface area contributed by atoms with Gasteiger partial charge in [-0.05, 0) is 48.9 Å². The molecule has 1 aliphatic carbocycles. The maximum absolute atomic E-state index is 8.63. The van der Waals surface area contributed by atoms with Crippen LogP contribution < -0.4 is 15.8 Å². The Labute approximate surface area is 113 Å². The first-order valence-electron chi connectivity index (χ1n) is 6.43. The summed E-state index contributed by atoms with van der Waals surface area (Å²) >= 11 is 0. The number of methoxy groups -OCH3 is 1. The summed E-state index contributed by atoms with van der Waals surface area (Å²) < 4.78 is 5.24. The van der Waals surface area contributed by atoms with Gasteiger partial charge in [0.2, 0.25) is 0 Å². The van der Waals surface area contributed by atoms with Crippen molar-refractivity contribution < 1.29 is 9.94 Å². The lowest BCUT2D eigenvalue weighted by atomic mass is 10.0. The molecular weight excluding hydrogens is 242 g/mol. The van der Waals surface area contributed by atoms with Gasteiger partial charge >= 0.3 is 0 Å². The second-order valence-corrected chi connectivity index (χ2v) is 5.31. The number of amidine groups is 1. The van der Waals surface area contributed by atoms with Gasteiger partial charge in [-0.1, -0.05) is 5.16 Å². The number of nitrogens with zero attached hydrogens (tertiary/aromatic N) is 1. The summed E-state index contributed by atoms with van der Waals surface area (Å²) in [6.07, 6.45) is 2.88. The third-order valence-corrected chi connectivity index (χ3v) is 3.70. The number of anilines is 1. The average molecular weight is 263 g/mol. The van der Waals surface area contributed by atoms with Gasteiger partial charge in [0.1, 0.15) is 11.6 Å². The van der Waals surface area contributed by atoms with Crippen LogP contribution in [0.4, 0.5) is 5.69 Å². The van der Waals surface area contributed by atoms with Crippen molar-refractivity contribution in [3.63, 3.8) is 0 Å².